The summed E-state index contributed by atoms with van der Waals surface area (Å²) < 4.78 is 15.2. The van der Waals surface area contributed by atoms with Gasteiger partial charge in [-0.15, -0.1) is 10.2 Å². The number of halogens is 1. The zero-order valence-corrected chi connectivity index (χ0v) is 17.9. The van der Waals surface area contributed by atoms with Gasteiger partial charge in [0.05, 0.1) is 17.0 Å². The van der Waals surface area contributed by atoms with Crippen molar-refractivity contribution >= 4 is 35.1 Å². The molecule has 0 radical (unpaired) electrons. The van der Waals surface area contributed by atoms with E-state index in [9.17, 15) is 9.18 Å². The molecule has 3 N–H and O–H groups in total. The molecule has 0 spiro atoms. The summed E-state index contributed by atoms with van der Waals surface area (Å²) in [6, 6.07) is 23.7. The third kappa shape index (κ3) is 5.07. The van der Waals surface area contributed by atoms with Crippen LogP contribution in [0.25, 0.3) is 11.4 Å². The molecule has 6 nitrogen and oxygen atoms in total. The minimum absolute atomic E-state index is 0.0803. The fraction of sp³-hybridized carbons (Fsp3) is 0.0455. The van der Waals surface area contributed by atoms with Gasteiger partial charge in [0.15, 0.2) is 5.82 Å². The van der Waals surface area contributed by atoms with Gasteiger partial charge in [0, 0.05) is 9.79 Å². The lowest BCUT2D eigenvalue weighted by atomic mass is 10.2. The van der Waals surface area contributed by atoms with E-state index in [1.165, 1.54) is 10.7 Å². The van der Waals surface area contributed by atoms with Crippen LogP contribution < -0.4 is 11.2 Å². The first-order valence-electron chi connectivity index (χ1n) is 9.32. The van der Waals surface area contributed by atoms with Gasteiger partial charge in [-0.2, -0.15) is 0 Å². The van der Waals surface area contributed by atoms with Crippen LogP contribution in [0.1, 0.15) is 0 Å². The van der Waals surface area contributed by atoms with Crippen molar-refractivity contribution in [3.8, 4) is 11.4 Å². The zero-order chi connectivity index (χ0) is 21.6. The number of hydrogen-bond acceptors (Lipinski definition) is 6. The van der Waals surface area contributed by atoms with E-state index in [-0.39, 0.29) is 23.0 Å². The van der Waals surface area contributed by atoms with E-state index in [0.29, 0.717) is 5.16 Å². The van der Waals surface area contributed by atoms with Crippen molar-refractivity contribution in [1.29, 1.82) is 0 Å². The Morgan fingerprint density at radius 1 is 0.968 bits per heavy atom. The summed E-state index contributed by atoms with van der Waals surface area (Å²) in [5.74, 6) is 5.65. The van der Waals surface area contributed by atoms with E-state index < -0.39 is 5.82 Å². The first kappa shape index (κ1) is 21.0. The summed E-state index contributed by atoms with van der Waals surface area (Å²) in [7, 11) is 0. The number of carbonyl (C=O) groups is 1. The van der Waals surface area contributed by atoms with Crippen LogP contribution in [-0.4, -0.2) is 26.5 Å². The topological polar surface area (TPSA) is 85.8 Å². The molecular weight excluding hydrogens is 433 g/mol. The standard InChI is InChI=1S/C22H18FN5OS2/c23-17-11-5-4-10-16(17)21-26-27-22(28(21)24)30-14-20(29)25-18-12-6-7-13-19(18)31-15-8-2-1-3-9-15/h1-13H,14,24H2,(H,25,29). The molecule has 0 saturated heterocycles. The van der Waals surface area contributed by atoms with Gasteiger partial charge in [0.2, 0.25) is 11.1 Å². The number of thioether (sulfide) groups is 1. The average Bonchev–Trinajstić information content (AvgIpc) is 3.15. The Labute approximate surface area is 187 Å². The van der Waals surface area contributed by atoms with Gasteiger partial charge >= 0.3 is 0 Å². The first-order chi connectivity index (χ1) is 15.1. The van der Waals surface area contributed by atoms with Crippen LogP contribution in [0.5, 0.6) is 0 Å². The largest absolute Gasteiger partial charge is 0.335 e. The zero-order valence-electron chi connectivity index (χ0n) is 16.2. The minimum atomic E-state index is -0.441. The van der Waals surface area contributed by atoms with Crippen LogP contribution in [0.3, 0.4) is 0 Å². The summed E-state index contributed by atoms with van der Waals surface area (Å²) in [4.78, 5) is 14.6. The molecule has 1 heterocycles. The highest BCUT2D eigenvalue weighted by Gasteiger charge is 2.16. The Kier molecular flexibility index (Phi) is 6.54. The van der Waals surface area contributed by atoms with Crippen LogP contribution >= 0.6 is 23.5 Å². The van der Waals surface area contributed by atoms with Gasteiger partial charge in [0.25, 0.3) is 0 Å². The molecule has 31 heavy (non-hydrogen) atoms. The molecule has 0 fully saturated rings. The molecule has 0 atom stereocenters. The highest BCUT2D eigenvalue weighted by atomic mass is 32.2. The summed E-state index contributed by atoms with van der Waals surface area (Å²) in [5.41, 5.74) is 0.976. The second-order valence-corrected chi connectivity index (χ2v) is 8.46. The number of benzene rings is 3. The van der Waals surface area contributed by atoms with Crippen LogP contribution in [0, 0.1) is 5.82 Å². The normalized spacial score (nSPS) is 10.7. The number of nitrogens with two attached hydrogens (primary N) is 1. The number of nitrogen functional groups attached to an aromatic ring is 1. The Hall–Kier alpha value is -3.30. The van der Waals surface area contributed by atoms with Crippen molar-refractivity contribution in [2.75, 3.05) is 16.9 Å². The van der Waals surface area contributed by atoms with Crippen molar-refractivity contribution in [3.63, 3.8) is 0 Å². The number of nitrogens with one attached hydrogen (secondary N) is 1. The summed E-state index contributed by atoms with van der Waals surface area (Å²) in [6.45, 7) is 0. The predicted octanol–water partition coefficient (Wildman–Crippen LogP) is 4.68. The van der Waals surface area contributed by atoms with Crippen LogP contribution in [-0.2, 0) is 4.79 Å². The van der Waals surface area contributed by atoms with E-state index in [1.54, 1.807) is 30.0 Å². The Morgan fingerprint density at radius 2 is 1.68 bits per heavy atom. The van der Waals surface area contributed by atoms with Crippen molar-refractivity contribution in [2.45, 2.75) is 14.9 Å². The van der Waals surface area contributed by atoms with E-state index in [4.69, 9.17) is 5.84 Å². The molecule has 156 valence electrons. The van der Waals surface area contributed by atoms with Crippen molar-refractivity contribution in [1.82, 2.24) is 14.9 Å². The fourth-order valence-electron chi connectivity index (χ4n) is 2.79. The van der Waals surface area contributed by atoms with Gasteiger partial charge in [-0.25, -0.2) is 9.07 Å². The van der Waals surface area contributed by atoms with Crippen LogP contribution in [0.2, 0.25) is 0 Å². The monoisotopic (exact) mass is 451 g/mol. The van der Waals surface area contributed by atoms with Crippen molar-refractivity contribution in [3.05, 3.63) is 84.7 Å². The van der Waals surface area contributed by atoms with Gasteiger partial charge in [0.1, 0.15) is 5.82 Å². The third-order valence-electron chi connectivity index (χ3n) is 4.24. The van der Waals surface area contributed by atoms with E-state index in [0.717, 1.165) is 27.2 Å². The maximum absolute atomic E-state index is 14.0. The SMILES string of the molecule is Nn1c(SCC(=O)Nc2ccccc2Sc2ccccc2)nnc1-c1ccccc1F. The van der Waals surface area contributed by atoms with Gasteiger partial charge in [-0.3, -0.25) is 4.79 Å². The highest BCUT2D eigenvalue weighted by Crippen LogP contribution is 2.33. The number of carbonyl (C=O) groups excluding carboxylic acids is 1. The number of hydrogen-bond donors (Lipinski definition) is 2. The van der Waals surface area contributed by atoms with E-state index >= 15 is 0 Å². The van der Waals surface area contributed by atoms with Gasteiger partial charge in [-0.05, 0) is 36.4 Å². The maximum Gasteiger partial charge on any atom is 0.234 e. The highest BCUT2D eigenvalue weighted by molar-refractivity contribution is 8.00. The number of para-hydroxylation sites is 1. The third-order valence-corrected chi connectivity index (χ3v) is 6.27. The molecule has 0 bridgehead atoms. The Morgan fingerprint density at radius 3 is 2.48 bits per heavy atom. The quantitative estimate of drug-likeness (QED) is 0.313. The number of rotatable bonds is 7. The van der Waals surface area contributed by atoms with Crippen molar-refractivity contribution in [2.24, 2.45) is 0 Å². The number of amides is 1. The smallest absolute Gasteiger partial charge is 0.234 e. The summed E-state index contributed by atoms with van der Waals surface area (Å²) in [6.07, 6.45) is 0. The predicted molar refractivity (Wildman–Crippen MR) is 122 cm³/mol. The van der Waals surface area contributed by atoms with Crippen molar-refractivity contribution < 1.29 is 9.18 Å². The molecule has 1 amide bonds. The molecule has 0 aliphatic carbocycles. The molecule has 0 saturated carbocycles. The molecule has 4 rings (SSSR count). The lowest BCUT2D eigenvalue weighted by Gasteiger charge is -2.10. The summed E-state index contributed by atoms with van der Waals surface area (Å²) in [5, 5.41) is 11.2. The Balaban J connectivity index is 1.41. The van der Waals surface area contributed by atoms with E-state index in [2.05, 4.69) is 15.5 Å². The lowest BCUT2D eigenvalue weighted by Crippen LogP contribution is -2.17. The molecule has 0 unspecified atom stereocenters. The second kappa shape index (κ2) is 9.67. The van der Waals surface area contributed by atoms with Gasteiger partial charge < -0.3 is 11.2 Å². The number of aromatic nitrogens is 3. The Bertz CT molecular complexity index is 1200. The number of anilines is 1. The number of nitrogens with zero attached hydrogens (tertiary/aromatic N) is 3. The second-order valence-electron chi connectivity index (χ2n) is 6.40. The molecule has 0 aliphatic heterocycles. The molecule has 0 aliphatic rings. The molecule has 3 aromatic carbocycles. The maximum atomic E-state index is 14.0. The molecule has 4 aromatic rings. The van der Waals surface area contributed by atoms with Crippen LogP contribution in [0.4, 0.5) is 10.1 Å². The molecule has 9 heteroatoms. The first-order valence-corrected chi connectivity index (χ1v) is 11.1. The van der Waals surface area contributed by atoms with E-state index in [1.807, 2.05) is 54.6 Å². The molecule has 1 aromatic heterocycles. The lowest BCUT2D eigenvalue weighted by molar-refractivity contribution is -0.113. The molecular formula is C22H18FN5OS2. The van der Waals surface area contributed by atoms with Gasteiger partial charge in [-0.1, -0.05) is 66.0 Å². The fourth-order valence-corrected chi connectivity index (χ4v) is 4.37. The minimum Gasteiger partial charge on any atom is -0.335 e. The average molecular weight is 452 g/mol. The summed E-state index contributed by atoms with van der Waals surface area (Å²) >= 11 is 2.70. The van der Waals surface area contributed by atoms with Crippen LogP contribution in [0.15, 0.2) is 93.8 Å².